The molecule has 0 amide bonds. The highest BCUT2D eigenvalue weighted by molar-refractivity contribution is 9.10. The molecule has 0 saturated carbocycles. The third kappa shape index (κ3) is 2.49. The number of carbonyl (C=O) groups is 1. The molecular formula is C12H13BrN2O2. The Morgan fingerprint density at radius 3 is 2.88 bits per heavy atom. The fourth-order valence-electron chi connectivity index (χ4n) is 1.61. The van der Waals surface area contributed by atoms with E-state index in [1.807, 2.05) is 18.2 Å². The lowest BCUT2D eigenvalue weighted by Gasteiger charge is -2.16. The molecule has 1 aromatic carbocycles. The molecule has 0 spiro atoms. The largest absolute Gasteiger partial charge is 0.481 e. The van der Waals surface area contributed by atoms with Crippen molar-refractivity contribution in [2.75, 3.05) is 0 Å². The zero-order valence-corrected chi connectivity index (χ0v) is 11.2. The Morgan fingerprint density at radius 2 is 2.24 bits per heavy atom. The molecule has 5 heteroatoms. The second kappa shape index (κ2) is 4.14. The number of nitrogens with zero attached hydrogens (tertiary/aromatic N) is 1. The van der Waals surface area contributed by atoms with Crippen LogP contribution in [0.15, 0.2) is 22.7 Å². The number of hydrogen-bond acceptors (Lipinski definition) is 2. The summed E-state index contributed by atoms with van der Waals surface area (Å²) in [6.07, 6.45) is 0.384. The average molecular weight is 297 g/mol. The lowest BCUT2D eigenvalue weighted by Crippen LogP contribution is -2.26. The number of benzene rings is 1. The highest BCUT2D eigenvalue weighted by atomic mass is 79.9. The number of nitrogens with one attached hydrogen (secondary N) is 1. The Labute approximate surface area is 107 Å². The van der Waals surface area contributed by atoms with Crippen molar-refractivity contribution in [1.82, 2.24) is 9.97 Å². The minimum absolute atomic E-state index is 0.384. The molecule has 0 fully saturated rings. The second-order valence-electron chi connectivity index (χ2n) is 4.71. The Morgan fingerprint density at radius 1 is 1.53 bits per heavy atom. The molecule has 2 N–H and O–H groups in total. The van der Waals surface area contributed by atoms with Gasteiger partial charge in [-0.05, 0) is 32.0 Å². The summed E-state index contributed by atoms with van der Waals surface area (Å²) in [7, 11) is 0. The van der Waals surface area contributed by atoms with Gasteiger partial charge < -0.3 is 10.1 Å². The number of H-pyrrole nitrogens is 1. The van der Waals surface area contributed by atoms with Crippen LogP contribution in [0.25, 0.3) is 11.0 Å². The smallest absolute Gasteiger partial charge is 0.309 e. The van der Waals surface area contributed by atoms with Crippen LogP contribution in [-0.2, 0) is 11.2 Å². The molecular weight excluding hydrogens is 284 g/mol. The molecule has 4 nitrogen and oxygen atoms in total. The Bertz CT molecular complexity index is 575. The van der Waals surface area contributed by atoms with Crippen molar-refractivity contribution < 1.29 is 9.90 Å². The first-order valence-corrected chi connectivity index (χ1v) is 6.05. The van der Waals surface area contributed by atoms with E-state index in [-0.39, 0.29) is 0 Å². The first-order chi connectivity index (χ1) is 7.88. The van der Waals surface area contributed by atoms with Crippen LogP contribution in [0.4, 0.5) is 0 Å². The quantitative estimate of drug-likeness (QED) is 0.915. The number of imidazole rings is 1. The summed E-state index contributed by atoms with van der Waals surface area (Å²) in [5, 5.41) is 9.07. The predicted molar refractivity (Wildman–Crippen MR) is 68.9 cm³/mol. The number of aliphatic carboxylic acids is 1. The van der Waals surface area contributed by atoms with E-state index in [2.05, 4.69) is 25.9 Å². The van der Waals surface area contributed by atoms with Crippen LogP contribution >= 0.6 is 15.9 Å². The second-order valence-corrected chi connectivity index (χ2v) is 5.63. The van der Waals surface area contributed by atoms with Gasteiger partial charge in [0, 0.05) is 10.9 Å². The lowest BCUT2D eigenvalue weighted by atomic mass is 9.89. The molecule has 17 heavy (non-hydrogen) atoms. The van der Waals surface area contributed by atoms with Gasteiger partial charge in [-0.1, -0.05) is 15.9 Å². The van der Waals surface area contributed by atoms with Gasteiger partial charge in [-0.15, -0.1) is 0 Å². The number of aromatic amines is 1. The van der Waals surface area contributed by atoms with Gasteiger partial charge in [0.2, 0.25) is 0 Å². The van der Waals surface area contributed by atoms with Crippen molar-refractivity contribution in [3.63, 3.8) is 0 Å². The van der Waals surface area contributed by atoms with Crippen molar-refractivity contribution in [3.8, 4) is 0 Å². The van der Waals surface area contributed by atoms with E-state index < -0.39 is 11.4 Å². The third-order valence-corrected chi connectivity index (χ3v) is 3.17. The fraction of sp³-hybridized carbons (Fsp3) is 0.333. The number of hydrogen-bond donors (Lipinski definition) is 2. The van der Waals surface area contributed by atoms with Crippen LogP contribution in [0.1, 0.15) is 19.7 Å². The molecule has 0 aliphatic rings. The van der Waals surface area contributed by atoms with Gasteiger partial charge in [-0.25, -0.2) is 4.98 Å². The number of carboxylic acid groups (broad SMARTS) is 1. The summed E-state index contributed by atoms with van der Waals surface area (Å²) >= 11 is 3.38. The molecule has 0 aliphatic carbocycles. The molecule has 0 aliphatic heterocycles. The number of fused-ring (bicyclic) bond motifs is 1. The number of carboxylic acids is 1. The highest BCUT2D eigenvalue weighted by Crippen LogP contribution is 2.23. The summed E-state index contributed by atoms with van der Waals surface area (Å²) in [5.74, 6) is -0.121. The Hall–Kier alpha value is -1.36. The standard InChI is InChI=1S/C12H13BrN2O2/c1-12(2,11(16)17)6-10-14-8-4-3-7(13)5-9(8)15-10/h3-5H,6H2,1-2H3,(H,14,15)(H,16,17). The van der Waals surface area contributed by atoms with Crippen LogP contribution in [-0.4, -0.2) is 21.0 Å². The van der Waals surface area contributed by atoms with Crippen molar-refractivity contribution in [2.24, 2.45) is 5.41 Å². The average Bonchev–Trinajstić information content (AvgIpc) is 2.57. The highest BCUT2D eigenvalue weighted by Gasteiger charge is 2.28. The Kier molecular flexibility index (Phi) is 2.95. The summed E-state index contributed by atoms with van der Waals surface area (Å²) < 4.78 is 0.970. The number of halogens is 1. The molecule has 0 atom stereocenters. The summed E-state index contributed by atoms with van der Waals surface area (Å²) in [4.78, 5) is 18.6. The van der Waals surface area contributed by atoms with Crippen molar-refractivity contribution in [3.05, 3.63) is 28.5 Å². The van der Waals surface area contributed by atoms with Gasteiger partial charge in [0.15, 0.2) is 0 Å². The van der Waals surface area contributed by atoms with Gasteiger partial charge in [-0.3, -0.25) is 4.79 Å². The van der Waals surface area contributed by atoms with E-state index in [0.717, 1.165) is 15.5 Å². The lowest BCUT2D eigenvalue weighted by molar-refractivity contribution is -0.146. The third-order valence-electron chi connectivity index (χ3n) is 2.68. The van der Waals surface area contributed by atoms with Crippen LogP contribution in [0.3, 0.4) is 0 Å². The van der Waals surface area contributed by atoms with Gasteiger partial charge in [0.1, 0.15) is 5.82 Å². The molecule has 0 bridgehead atoms. The molecule has 1 heterocycles. The molecule has 2 aromatic rings. The monoisotopic (exact) mass is 296 g/mol. The van der Waals surface area contributed by atoms with Crippen molar-refractivity contribution in [2.45, 2.75) is 20.3 Å². The first-order valence-electron chi connectivity index (χ1n) is 5.26. The van der Waals surface area contributed by atoms with Crippen LogP contribution < -0.4 is 0 Å². The van der Waals surface area contributed by atoms with E-state index in [4.69, 9.17) is 5.11 Å². The zero-order valence-electron chi connectivity index (χ0n) is 9.62. The maximum absolute atomic E-state index is 11.0. The first kappa shape index (κ1) is 12.1. The molecule has 0 radical (unpaired) electrons. The molecule has 0 unspecified atom stereocenters. The molecule has 90 valence electrons. The maximum Gasteiger partial charge on any atom is 0.309 e. The van der Waals surface area contributed by atoms with E-state index in [0.29, 0.717) is 12.2 Å². The molecule has 1 aromatic heterocycles. The fourth-order valence-corrected chi connectivity index (χ4v) is 1.97. The topological polar surface area (TPSA) is 66.0 Å². The van der Waals surface area contributed by atoms with E-state index >= 15 is 0 Å². The SMILES string of the molecule is CC(C)(Cc1nc2ccc(Br)cc2[nH]1)C(=O)O. The summed E-state index contributed by atoms with van der Waals surface area (Å²) in [6.45, 7) is 3.39. The van der Waals surface area contributed by atoms with Crippen LogP contribution in [0.2, 0.25) is 0 Å². The Balaban J connectivity index is 2.34. The normalized spacial score (nSPS) is 11.9. The summed E-state index contributed by atoms with van der Waals surface area (Å²) in [6, 6.07) is 5.74. The van der Waals surface area contributed by atoms with Gasteiger partial charge >= 0.3 is 5.97 Å². The van der Waals surface area contributed by atoms with E-state index in [1.165, 1.54) is 0 Å². The van der Waals surface area contributed by atoms with Crippen LogP contribution in [0.5, 0.6) is 0 Å². The van der Waals surface area contributed by atoms with Gasteiger partial charge in [0.05, 0.1) is 16.4 Å². The van der Waals surface area contributed by atoms with Crippen molar-refractivity contribution in [1.29, 1.82) is 0 Å². The van der Waals surface area contributed by atoms with E-state index in [1.54, 1.807) is 13.8 Å². The summed E-state index contributed by atoms with van der Waals surface area (Å²) in [5.41, 5.74) is 0.949. The molecule has 0 saturated heterocycles. The number of rotatable bonds is 3. The minimum Gasteiger partial charge on any atom is -0.481 e. The predicted octanol–water partition coefficient (Wildman–Crippen LogP) is 2.98. The van der Waals surface area contributed by atoms with Gasteiger partial charge in [0.25, 0.3) is 0 Å². The van der Waals surface area contributed by atoms with E-state index in [9.17, 15) is 4.79 Å². The maximum atomic E-state index is 11.0. The number of aromatic nitrogens is 2. The zero-order chi connectivity index (χ0) is 12.6. The van der Waals surface area contributed by atoms with Crippen molar-refractivity contribution >= 4 is 32.9 Å². The molecule has 2 rings (SSSR count). The van der Waals surface area contributed by atoms with Crippen LogP contribution in [0, 0.1) is 5.41 Å². The van der Waals surface area contributed by atoms with Gasteiger partial charge in [-0.2, -0.15) is 0 Å². The minimum atomic E-state index is -0.820.